The zero-order valence-corrected chi connectivity index (χ0v) is 11.9. The van der Waals surface area contributed by atoms with Crippen molar-refractivity contribution >= 4 is 22.0 Å². The zero-order chi connectivity index (χ0) is 15.2. The van der Waals surface area contributed by atoms with Crippen molar-refractivity contribution in [2.24, 2.45) is 0 Å². The largest absolute Gasteiger partial charge is 0.466 e. The highest BCUT2D eigenvalue weighted by Gasteiger charge is 2.16. The lowest BCUT2D eigenvalue weighted by atomic mass is 10.2. The van der Waals surface area contributed by atoms with Crippen LogP contribution in [0, 0.1) is 0 Å². The van der Waals surface area contributed by atoms with Gasteiger partial charge in [0.05, 0.1) is 17.6 Å². The fourth-order valence-electron chi connectivity index (χ4n) is 1.33. The van der Waals surface area contributed by atoms with Crippen LogP contribution in [0.15, 0.2) is 29.2 Å². The lowest BCUT2D eigenvalue weighted by Crippen LogP contribution is -2.23. The predicted octanol–water partition coefficient (Wildman–Crippen LogP) is 0.315. The Labute approximate surface area is 116 Å². The molecule has 20 heavy (non-hydrogen) atoms. The summed E-state index contributed by atoms with van der Waals surface area (Å²) in [6.07, 6.45) is 0. The monoisotopic (exact) mass is 301 g/mol. The van der Waals surface area contributed by atoms with Crippen LogP contribution in [0.25, 0.3) is 0 Å². The maximum atomic E-state index is 11.8. The molecule has 0 heterocycles. The fraction of sp³-hybridized carbons (Fsp3) is 0.333. The second-order valence-electron chi connectivity index (χ2n) is 3.68. The van der Waals surface area contributed by atoms with Gasteiger partial charge in [0, 0.05) is 6.54 Å². The number of ether oxygens (including phenoxy) is 2. The number of nitrogens with one attached hydrogen (secondary N) is 1. The van der Waals surface area contributed by atoms with Gasteiger partial charge in [0.1, 0.15) is 0 Å². The lowest BCUT2D eigenvalue weighted by molar-refractivity contribution is -0.144. The molecule has 0 amide bonds. The van der Waals surface area contributed by atoms with Crippen molar-refractivity contribution in [1.82, 2.24) is 4.72 Å². The quantitative estimate of drug-likeness (QED) is 0.759. The smallest absolute Gasteiger partial charge is 0.344 e. The molecule has 0 saturated carbocycles. The van der Waals surface area contributed by atoms with Crippen LogP contribution < -0.4 is 4.72 Å². The van der Waals surface area contributed by atoms with Crippen LogP contribution >= 0.6 is 0 Å². The van der Waals surface area contributed by atoms with E-state index < -0.39 is 28.6 Å². The third kappa shape index (κ3) is 4.32. The first-order chi connectivity index (χ1) is 9.40. The molecule has 0 atom stereocenters. The van der Waals surface area contributed by atoms with E-state index in [4.69, 9.17) is 0 Å². The molecule has 1 aromatic rings. The summed E-state index contributed by atoms with van der Waals surface area (Å²) >= 11 is 0. The molecular weight excluding hydrogens is 286 g/mol. The molecule has 1 N–H and O–H groups in total. The average Bonchev–Trinajstić information content (AvgIpc) is 2.44. The summed E-state index contributed by atoms with van der Waals surface area (Å²) in [5, 5.41) is 0. The summed E-state index contributed by atoms with van der Waals surface area (Å²) in [7, 11) is -2.49. The Morgan fingerprint density at radius 1 is 1.30 bits per heavy atom. The van der Waals surface area contributed by atoms with Gasteiger partial charge in [-0.15, -0.1) is 0 Å². The minimum atomic E-state index is -3.65. The number of methoxy groups -OCH3 is 1. The molecule has 1 rings (SSSR count). The van der Waals surface area contributed by atoms with E-state index in [0.29, 0.717) is 0 Å². The number of benzene rings is 1. The maximum Gasteiger partial charge on any atom is 0.344 e. The van der Waals surface area contributed by atoms with Crippen molar-refractivity contribution in [3.8, 4) is 0 Å². The van der Waals surface area contributed by atoms with E-state index in [1.165, 1.54) is 31.4 Å². The zero-order valence-electron chi connectivity index (χ0n) is 11.1. The van der Waals surface area contributed by atoms with E-state index in [1.807, 2.05) is 0 Å². The first-order valence-electron chi connectivity index (χ1n) is 5.74. The van der Waals surface area contributed by atoms with Crippen LogP contribution in [0.1, 0.15) is 17.3 Å². The van der Waals surface area contributed by atoms with Gasteiger partial charge in [-0.2, -0.15) is 0 Å². The van der Waals surface area contributed by atoms with Crippen LogP contribution in [0.5, 0.6) is 0 Å². The van der Waals surface area contributed by atoms with E-state index in [1.54, 1.807) is 6.92 Å². The Morgan fingerprint density at radius 3 is 2.60 bits per heavy atom. The number of sulfonamides is 1. The van der Waals surface area contributed by atoms with E-state index in [2.05, 4.69) is 14.2 Å². The number of carbonyl (C=O) groups is 2. The normalized spacial score (nSPS) is 10.9. The number of esters is 2. The van der Waals surface area contributed by atoms with Gasteiger partial charge in [0.15, 0.2) is 6.61 Å². The first kappa shape index (κ1) is 16.1. The van der Waals surface area contributed by atoms with Crippen LogP contribution in [-0.2, 0) is 24.3 Å². The molecule has 1 aromatic carbocycles. The Morgan fingerprint density at radius 2 is 2.00 bits per heavy atom. The maximum absolute atomic E-state index is 11.8. The van der Waals surface area contributed by atoms with E-state index >= 15 is 0 Å². The van der Waals surface area contributed by atoms with Crippen molar-refractivity contribution < 1.29 is 27.5 Å². The van der Waals surface area contributed by atoms with Crippen molar-refractivity contribution in [1.29, 1.82) is 0 Å². The average molecular weight is 301 g/mol. The Bertz CT molecular complexity index is 596. The number of carbonyl (C=O) groups excluding carboxylic acids is 2. The molecule has 8 heteroatoms. The van der Waals surface area contributed by atoms with Gasteiger partial charge >= 0.3 is 11.9 Å². The molecule has 0 spiro atoms. The second kappa shape index (κ2) is 7.01. The van der Waals surface area contributed by atoms with E-state index in [0.717, 1.165) is 0 Å². The molecule has 0 radical (unpaired) electrons. The van der Waals surface area contributed by atoms with E-state index in [9.17, 15) is 18.0 Å². The summed E-state index contributed by atoms with van der Waals surface area (Å²) in [6, 6.07) is 5.34. The van der Waals surface area contributed by atoms with Crippen molar-refractivity contribution in [3.05, 3.63) is 29.8 Å². The van der Waals surface area contributed by atoms with Crippen LogP contribution in [-0.4, -0.2) is 40.6 Å². The van der Waals surface area contributed by atoms with Gasteiger partial charge in [0.2, 0.25) is 10.0 Å². The lowest BCUT2D eigenvalue weighted by Gasteiger charge is -2.07. The SMILES string of the molecule is CCNS(=O)(=O)c1cccc(C(=O)OCC(=O)OC)c1. The molecule has 0 fully saturated rings. The topological polar surface area (TPSA) is 98.8 Å². The van der Waals surface area contributed by atoms with Crippen molar-refractivity contribution in [3.63, 3.8) is 0 Å². The molecule has 0 unspecified atom stereocenters. The molecule has 110 valence electrons. The summed E-state index contributed by atoms with van der Waals surface area (Å²) in [5.74, 6) is -1.50. The Kier molecular flexibility index (Phi) is 5.66. The third-order valence-electron chi connectivity index (χ3n) is 2.26. The minimum absolute atomic E-state index is 0.0351. The van der Waals surface area contributed by atoms with Gasteiger partial charge in [-0.3, -0.25) is 0 Å². The number of hydrogen-bond donors (Lipinski definition) is 1. The minimum Gasteiger partial charge on any atom is -0.466 e. The van der Waals surface area contributed by atoms with Crippen LogP contribution in [0.3, 0.4) is 0 Å². The van der Waals surface area contributed by atoms with Gasteiger partial charge in [-0.05, 0) is 18.2 Å². The third-order valence-corrected chi connectivity index (χ3v) is 3.81. The standard InChI is InChI=1S/C12H15NO6S/c1-3-13-20(16,17)10-6-4-5-9(7-10)12(15)19-8-11(14)18-2/h4-7,13H,3,8H2,1-2H3. The first-order valence-corrected chi connectivity index (χ1v) is 7.22. The Hall–Kier alpha value is -1.93. The molecule has 0 aromatic heterocycles. The van der Waals surface area contributed by atoms with Crippen LogP contribution in [0.2, 0.25) is 0 Å². The summed E-state index contributed by atoms with van der Waals surface area (Å²) in [4.78, 5) is 22.5. The summed E-state index contributed by atoms with van der Waals surface area (Å²) < 4.78 is 34.9. The molecule has 0 aliphatic heterocycles. The second-order valence-corrected chi connectivity index (χ2v) is 5.45. The van der Waals surface area contributed by atoms with Gasteiger partial charge < -0.3 is 9.47 Å². The highest BCUT2D eigenvalue weighted by molar-refractivity contribution is 7.89. The number of rotatable bonds is 6. The molecular formula is C12H15NO6S. The summed E-state index contributed by atoms with van der Waals surface area (Å²) in [6.45, 7) is 1.35. The predicted molar refractivity (Wildman–Crippen MR) is 69.6 cm³/mol. The molecule has 0 aliphatic carbocycles. The van der Waals surface area contributed by atoms with Gasteiger partial charge in [0.25, 0.3) is 0 Å². The highest BCUT2D eigenvalue weighted by Crippen LogP contribution is 2.12. The van der Waals surface area contributed by atoms with E-state index in [-0.39, 0.29) is 17.0 Å². The van der Waals surface area contributed by atoms with Crippen LogP contribution in [0.4, 0.5) is 0 Å². The highest BCUT2D eigenvalue weighted by atomic mass is 32.2. The number of hydrogen-bond acceptors (Lipinski definition) is 6. The van der Waals surface area contributed by atoms with Crippen molar-refractivity contribution in [2.45, 2.75) is 11.8 Å². The Balaban J connectivity index is 2.88. The van der Waals surface area contributed by atoms with Gasteiger partial charge in [-0.25, -0.2) is 22.7 Å². The van der Waals surface area contributed by atoms with Crippen molar-refractivity contribution in [2.75, 3.05) is 20.3 Å². The molecule has 0 bridgehead atoms. The molecule has 7 nitrogen and oxygen atoms in total. The summed E-state index contributed by atoms with van der Waals surface area (Å²) in [5.41, 5.74) is 0.0351. The fourth-order valence-corrected chi connectivity index (χ4v) is 2.42. The molecule has 0 saturated heterocycles. The van der Waals surface area contributed by atoms with Gasteiger partial charge in [-0.1, -0.05) is 13.0 Å². The molecule has 0 aliphatic rings.